The molecule has 3 nitrogen and oxygen atoms in total. The van der Waals surface area contributed by atoms with Crippen molar-refractivity contribution in [1.29, 1.82) is 0 Å². The van der Waals surface area contributed by atoms with Crippen LogP contribution in [0.25, 0.3) is 0 Å². The molecule has 1 rings (SSSR count). The summed E-state index contributed by atoms with van der Waals surface area (Å²) in [4.78, 5) is 13.5. The van der Waals surface area contributed by atoms with Crippen molar-refractivity contribution in [3.05, 3.63) is 27.4 Å². The van der Waals surface area contributed by atoms with Gasteiger partial charge in [-0.1, -0.05) is 11.6 Å². The van der Waals surface area contributed by atoms with E-state index in [-0.39, 0.29) is 17.5 Å². The second-order valence-electron chi connectivity index (χ2n) is 3.66. The molecule has 0 aliphatic rings. The molecule has 0 aromatic heterocycles. The highest BCUT2D eigenvalue weighted by Crippen LogP contribution is 2.31. The van der Waals surface area contributed by atoms with Gasteiger partial charge in [-0.2, -0.15) is 0 Å². The maximum absolute atomic E-state index is 13.0. The van der Waals surface area contributed by atoms with Crippen molar-refractivity contribution < 1.29 is 9.18 Å². The molecule has 0 aliphatic heterocycles. The van der Waals surface area contributed by atoms with Crippen LogP contribution >= 0.6 is 27.5 Å². The smallest absolute Gasteiger partial charge is 0.241 e. The average molecular weight is 338 g/mol. The highest BCUT2D eigenvalue weighted by Gasteiger charge is 2.12. The first-order valence-corrected chi connectivity index (χ1v) is 6.82. The fraction of sp³-hybridized carbons (Fsp3) is 0.417. The molecular weight excluding hydrogens is 322 g/mol. The van der Waals surface area contributed by atoms with Gasteiger partial charge in [-0.15, -0.1) is 0 Å². The number of halogens is 3. The molecule has 0 bridgehead atoms. The zero-order chi connectivity index (χ0) is 13.7. The second kappa shape index (κ2) is 6.95. The Balaban J connectivity index is 2.72. The fourth-order valence-corrected chi connectivity index (χ4v) is 2.52. The Morgan fingerprint density at radius 1 is 1.44 bits per heavy atom. The quantitative estimate of drug-likeness (QED) is 0.891. The highest BCUT2D eigenvalue weighted by atomic mass is 79.9. The minimum absolute atomic E-state index is 0.0210. The molecule has 0 radical (unpaired) electrons. The highest BCUT2D eigenvalue weighted by molar-refractivity contribution is 9.10. The van der Waals surface area contributed by atoms with Crippen LogP contribution in [-0.4, -0.2) is 30.4 Å². The first-order chi connectivity index (χ1) is 8.49. The summed E-state index contributed by atoms with van der Waals surface area (Å²) in [6.07, 6.45) is 0. The Morgan fingerprint density at radius 3 is 2.56 bits per heavy atom. The molecule has 0 spiro atoms. The van der Waals surface area contributed by atoms with Crippen molar-refractivity contribution in [3.63, 3.8) is 0 Å². The number of nitrogens with one attached hydrogen (secondary N) is 1. The molecule has 0 saturated heterocycles. The number of likely N-dealkylation sites (N-methyl/N-ethyl adjacent to an activating group) is 1. The normalized spacial score (nSPS) is 10.3. The van der Waals surface area contributed by atoms with E-state index in [2.05, 4.69) is 21.2 Å². The lowest BCUT2D eigenvalue weighted by Crippen LogP contribution is -2.35. The van der Waals surface area contributed by atoms with E-state index in [1.54, 1.807) is 4.90 Å². The summed E-state index contributed by atoms with van der Waals surface area (Å²) in [5.74, 6) is -0.445. The maximum atomic E-state index is 13.0. The number of anilines is 1. The van der Waals surface area contributed by atoms with E-state index in [9.17, 15) is 9.18 Å². The van der Waals surface area contributed by atoms with Crippen molar-refractivity contribution in [1.82, 2.24) is 4.90 Å². The molecule has 0 unspecified atom stereocenters. The van der Waals surface area contributed by atoms with Crippen LogP contribution in [0.1, 0.15) is 13.8 Å². The summed E-state index contributed by atoms with van der Waals surface area (Å²) in [6.45, 7) is 5.29. The molecule has 1 aromatic carbocycles. The zero-order valence-electron chi connectivity index (χ0n) is 10.3. The van der Waals surface area contributed by atoms with E-state index < -0.39 is 5.82 Å². The summed E-state index contributed by atoms with van der Waals surface area (Å²) in [7, 11) is 0. The first kappa shape index (κ1) is 15.2. The summed E-state index contributed by atoms with van der Waals surface area (Å²) in [6, 6.07) is 2.51. The van der Waals surface area contributed by atoms with E-state index in [4.69, 9.17) is 11.6 Å². The lowest BCUT2D eigenvalue weighted by Gasteiger charge is -2.19. The van der Waals surface area contributed by atoms with Crippen molar-refractivity contribution in [2.75, 3.05) is 25.0 Å². The standard InChI is InChI=1S/C12H15BrClFN2O/c1-3-17(4-2)11(18)7-16-12-9(13)5-8(15)6-10(12)14/h5-6,16H,3-4,7H2,1-2H3. The summed E-state index contributed by atoms with van der Waals surface area (Å²) in [5.41, 5.74) is 0.526. The van der Waals surface area contributed by atoms with Crippen LogP contribution in [-0.2, 0) is 4.79 Å². The zero-order valence-corrected chi connectivity index (χ0v) is 12.6. The molecule has 0 saturated carbocycles. The summed E-state index contributed by atoms with van der Waals surface area (Å²) in [5, 5.41) is 3.17. The van der Waals surface area contributed by atoms with E-state index in [0.29, 0.717) is 23.2 Å². The Bertz CT molecular complexity index is 415. The van der Waals surface area contributed by atoms with Gasteiger partial charge in [-0.3, -0.25) is 4.79 Å². The van der Waals surface area contributed by atoms with Crippen molar-refractivity contribution >= 4 is 39.1 Å². The van der Waals surface area contributed by atoms with Crippen LogP contribution in [0.3, 0.4) is 0 Å². The van der Waals surface area contributed by atoms with Gasteiger partial charge in [0.2, 0.25) is 5.91 Å². The molecule has 1 aromatic rings. The number of benzene rings is 1. The fourth-order valence-electron chi connectivity index (χ4n) is 1.56. The van der Waals surface area contributed by atoms with Gasteiger partial charge >= 0.3 is 0 Å². The van der Waals surface area contributed by atoms with E-state index in [1.807, 2.05) is 13.8 Å². The number of hydrogen-bond donors (Lipinski definition) is 1. The minimum Gasteiger partial charge on any atom is -0.374 e. The van der Waals surface area contributed by atoms with Crippen LogP contribution in [0, 0.1) is 5.82 Å². The van der Waals surface area contributed by atoms with Gasteiger partial charge in [-0.05, 0) is 41.9 Å². The van der Waals surface area contributed by atoms with E-state index >= 15 is 0 Å². The minimum atomic E-state index is -0.424. The topological polar surface area (TPSA) is 32.3 Å². The third-order valence-corrected chi connectivity index (χ3v) is 3.46. The van der Waals surface area contributed by atoms with Crippen molar-refractivity contribution in [2.24, 2.45) is 0 Å². The van der Waals surface area contributed by atoms with E-state index in [0.717, 1.165) is 0 Å². The van der Waals surface area contributed by atoms with Crippen LogP contribution in [0.5, 0.6) is 0 Å². The predicted octanol–water partition coefficient (Wildman–Crippen LogP) is 3.52. The van der Waals surface area contributed by atoms with Gasteiger partial charge in [0.15, 0.2) is 0 Å². The molecule has 0 fully saturated rings. The van der Waals surface area contributed by atoms with Gasteiger partial charge in [-0.25, -0.2) is 4.39 Å². The van der Waals surface area contributed by atoms with Crippen molar-refractivity contribution in [2.45, 2.75) is 13.8 Å². The SMILES string of the molecule is CCN(CC)C(=O)CNc1c(Cl)cc(F)cc1Br. The lowest BCUT2D eigenvalue weighted by molar-refractivity contribution is -0.128. The Hall–Kier alpha value is -0.810. The maximum Gasteiger partial charge on any atom is 0.241 e. The van der Waals surface area contributed by atoms with Gasteiger partial charge in [0.1, 0.15) is 5.82 Å². The number of hydrogen-bond acceptors (Lipinski definition) is 2. The molecule has 1 amide bonds. The largest absolute Gasteiger partial charge is 0.374 e. The third-order valence-electron chi connectivity index (χ3n) is 2.54. The Kier molecular flexibility index (Phi) is 5.88. The van der Waals surface area contributed by atoms with Crippen LogP contribution in [0.15, 0.2) is 16.6 Å². The number of rotatable bonds is 5. The van der Waals surface area contributed by atoms with E-state index in [1.165, 1.54) is 12.1 Å². The molecule has 18 heavy (non-hydrogen) atoms. The van der Waals surface area contributed by atoms with Crippen LogP contribution in [0.2, 0.25) is 5.02 Å². The molecule has 0 atom stereocenters. The van der Waals surface area contributed by atoms with Gasteiger partial charge < -0.3 is 10.2 Å². The molecule has 100 valence electrons. The molecule has 6 heteroatoms. The predicted molar refractivity (Wildman–Crippen MR) is 75.5 cm³/mol. The Morgan fingerprint density at radius 2 is 2.06 bits per heavy atom. The molecular formula is C12H15BrClFN2O. The van der Waals surface area contributed by atoms with Gasteiger partial charge in [0.05, 0.1) is 17.3 Å². The third kappa shape index (κ3) is 3.85. The summed E-state index contributed by atoms with van der Waals surface area (Å²) >= 11 is 9.12. The number of carbonyl (C=O) groups is 1. The van der Waals surface area contributed by atoms with Gasteiger partial charge in [0, 0.05) is 17.6 Å². The molecule has 0 aliphatic carbocycles. The number of carbonyl (C=O) groups excluding carboxylic acids is 1. The summed E-state index contributed by atoms with van der Waals surface area (Å²) < 4.78 is 13.5. The molecule has 1 N–H and O–H groups in total. The Labute approximate surface area is 119 Å². The molecule has 0 heterocycles. The number of amides is 1. The van der Waals surface area contributed by atoms with Gasteiger partial charge in [0.25, 0.3) is 0 Å². The monoisotopic (exact) mass is 336 g/mol. The second-order valence-corrected chi connectivity index (χ2v) is 4.93. The van der Waals surface area contributed by atoms with Crippen LogP contribution < -0.4 is 5.32 Å². The van der Waals surface area contributed by atoms with Crippen molar-refractivity contribution in [3.8, 4) is 0 Å². The average Bonchev–Trinajstić information content (AvgIpc) is 2.29. The van der Waals surface area contributed by atoms with Crippen LogP contribution in [0.4, 0.5) is 10.1 Å². The first-order valence-electron chi connectivity index (χ1n) is 5.65. The number of nitrogens with zero attached hydrogens (tertiary/aromatic N) is 1. The lowest BCUT2D eigenvalue weighted by atomic mass is 10.3.